The molecule has 0 radical (unpaired) electrons. The molecule has 6 heteroatoms. The van der Waals surface area contributed by atoms with E-state index in [4.69, 9.17) is 10.8 Å². The van der Waals surface area contributed by atoms with E-state index in [0.29, 0.717) is 0 Å². The van der Waals surface area contributed by atoms with Crippen molar-refractivity contribution in [2.24, 2.45) is 0 Å². The van der Waals surface area contributed by atoms with Crippen LogP contribution in [0, 0.1) is 0 Å². The Morgan fingerprint density at radius 1 is 1.62 bits per heavy atom. The standard InChI is InChI=1S/C7H8F2N2O2/c8-6(9)4-1-3(2-12)5(10)7(13)11-4/h1,6,12H,2,10H2,(H,11,13). The maximum absolute atomic E-state index is 12.1. The highest BCUT2D eigenvalue weighted by Crippen LogP contribution is 2.17. The number of pyridine rings is 1. The molecule has 72 valence electrons. The molecule has 13 heavy (non-hydrogen) atoms. The molecule has 1 rings (SSSR count). The Labute approximate surface area is 72.0 Å². The summed E-state index contributed by atoms with van der Waals surface area (Å²) in [5, 5.41) is 8.67. The zero-order valence-electron chi connectivity index (χ0n) is 6.55. The molecule has 4 N–H and O–H groups in total. The number of halogens is 2. The number of aromatic amines is 1. The fourth-order valence-electron chi connectivity index (χ4n) is 0.894. The summed E-state index contributed by atoms with van der Waals surface area (Å²) in [5.74, 6) is 0. The van der Waals surface area contributed by atoms with Crippen LogP contribution in [0.4, 0.5) is 14.5 Å². The third-order valence-electron chi connectivity index (χ3n) is 1.58. The van der Waals surface area contributed by atoms with Crippen molar-refractivity contribution in [3.8, 4) is 0 Å². The summed E-state index contributed by atoms with van der Waals surface area (Å²) in [6, 6.07) is 0.974. The Hall–Kier alpha value is -1.43. The van der Waals surface area contributed by atoms with Crippen LogP contribution in [0.2, 0.25) is 0 Å². The number of H-pyrrole nitrogens is 1. The van der Waals surface area contributed by atoms with Gasteiger partial charge < -0.3 is 15.8 Å². The van der Waals surface area contributed by atoms with Crippen molar-refractivity contribution in [1.82, 2.24) is 4.98 Å². The fourth-order valence-corrected chi connectivity index (χ4v) is 0.894. The second-order valence-corrected chi connectivity index (χ2v) is 2.45. The molecular weight excluding hydrogens is 182 g/mol. The minimum Gasteiger partial charge on any atom is -0.394 e. The highest BCUT2D eigenvalue weighted by Gasteiger charge is 2.12. The summed E-state index contributed by atoms with van der Waals surface area (Å²) >= 11 is 0. The van der Waals surface area contributed by atoms with E-state index in [2.05, 4.69) is 0 Å². The number of hydrogen-bond donors (Lipinski definition) is 3. The van der Waals surface area contributed by atoms with E-state index in [1.807, 2.05) is 4.98 Å². The molecule has 0 aliphatic heterocycles. The lowest BCUT2D eigenvalue weighted by Gasteiger charge is -2.04. The molecule has 0 aromatic carbocycles. The number of hydrogen-bond acceptors (Lipinski definition) is 3. The monoisotopic (exact) mass is 190 g/mol. The summed E-state index contributed by atoms with van der Waals surface area (Å²) in [7, 11) is 0. The van der Waals surface area contributed by atoms with Gasteiger partial charge in [0.15, 0.2) is 0 Å². The molecule has 0 aliphatic carbocycles. The molecule has 0 saturated heterocycles. The zero-order chi connectivity index (χ0) is 10.0. The molecular formula is C7H8F2N2O2. The Balaban J connectivity index is 3.31. The number of aromatic nitrogens is 1. The van der Waals surface area contributed by atoms with Gasteiger partial charge >= 0.3 is 0 Å². The first kappa shape index (κ1) is 9.66. The average Bonchev–Trinajstić information content (AvgIpc) is 2.09. The van der Waals surface area contributed by atoms with E-state index < -0.39 is 24.3 Å². The molecule has 1 aromatic heterocycles. The predicted octanol–water partition coefficient (Wildman–Crippen LogP) is 0.387. The van der Waals surface area contributed by atoms with E-state index >= 15 is 0 Å². The largest absolute Gasteiger partial charge is 0.394 e. The van der Waals surface area contributed by atoms with Crippen LogP contribution in [0.25, 0.3) is 0 Å². The van der Waals surface area contributed by atoms with Gasteiger partial charge in [0, 0.05) is 5.56 Å². The third kappa shape index (κ3) is 1.83. The van der Waals surface area contributed by atoms with Crippen LogP contribution in [0.5, 0.6) is 0 Å². The van der Waals surface area contributed by atoms with Gasteiger partial charge in [-0.25, -0.2) is 8.78 Å². The van der Waals surface area contributed by atoms with Gasteiger partial charge in [-0.15, -0.1) is 0 Å². The Bertz CT molecular complexity index is 362. The Kier molecular flexibility index (Phi) is 2.62. The molecule has 0 fully saturated rings. The van der Waals surface area contributed by atoms with Gasteiger partial charge in [-0.05, 0) is 6.07 Å². The average molecular weight is 190 g/mol. The van der Waals surface area contributed by atoms with Crippen LogP contribution in [0.3, 0.4) is 0 Å². The first-order valence-electron chi connectivity index (χ1n) is 3.47. The molecule has 1 aromatic rings. The van der Waals surface area contributed by atoms with Gasteiger partial charge in [0.25, 0.3) is 12.0 Å². The minimum atomic E-state index is -2.78. The number of nitrogens with two attached hydrogens (primary N) is 1. The second-order valence-electron chi connectivity index (χ2n) is 2.45. The maximum atomic E-state index is 12.1. The number of nitrogen functional groups attached to an aromatic ring is 1. The minimum absolute atomic E-state index is 0.0130. The van der Waals surface area contributed by atoms with Crippen molar-refractivity contribution in [2.45, 2.75) is 13.0 Å². The zero-order valence-corrected chi connectivity index (χ0v) is 6.55. The summed E-state index contributed by atoms with van der Waals surface area (Å²) < 4.78 is 24.2. The van der Waals surface area contributed by atoms with Crippen LogP contribution < -0.4 is 11.3 Å². The van der Waals surface area contributed by atoms with Crippen molar-refractivity contribution >= 4 is 5.69 Å². The lowest BCUT2D eigenvalue weighted by Crippen LogP contribution is -2.16. The summed E-state index contributed by atoms with van der Waals surface area (Å²) in [6.45, 7) is -0.532. The molecule has 0 aliphatic rings. The van der Waals surface area contributed by atoms with Crippen LogP contribution in [-0.4, -0.2) is 10.1 Å². The lowest BCUT2D eigenvalue weighted by atomic mass is 10.2. The molecule has 1 heterocycles. The number of alkyl halides is 2. The molecule has 4 nitrogen and oxygen atoms in total. The number of aliphatic hydroxyl groups excluding tert-OH is 1. The predicted molar refractivity (Wildman–Crippen MR) is 42.4 cm³/mol. The van der Waals surface area contributed by atoms with Crippen LogP contribution >= 0.6 is 0 Å². The lowest BCUT2D eigenvalue weighted by molar-refractivity contribution is 0.145. The smallest absolute Gasteiger partial charge is 0.278 e. The first-order valence-corrected chi connectivity index (χ1v) is 3.47. The van der Waals surface area contributed by atoms with Crippen molar-refractivity contribution in [3.63, 3.8) is 0 Å². The number of anilines is 1. The van der Waals surface area contributed by atoms with Gasteiger partial charge in [-0.1, -0.05) is 0 Å². The van der Waals surface area contributed by atoms with E-state index in [0.717, 1.165) is 6.07 Å². The highest BCUT2D eigenvalue weighted by molar-refractivity contribution is 5.44. The number of nitrogens with one attached hydrogen (secondary N) is 1. The van der Waals surface area contributed by atoms with Crippen LogP contribution in [-0.2, 0) is 6.61 Å². The number of aliphatic hydroxyl groups is 1. The van der Waals surface area contributed by atoms with Crippen molar-refractivity contribution in [2.75, 3.05) is 5.73 Å². The molecule has 0 atom stereocenters. The SMILES string of the molecule is Nc1c(CO)cc(C(F)F)[nH]c1=O. The quantitative estimate of drug-likeness (QED) is 0.631. The number of rotatable bonds is 2. The summed E-state index contributed by atoms with van der Waals surface area (Å²) in [4.78, 5) is 12.8. The van der Waals surface area contributed by atoms with Crippen LogP contribution in [0.15, 0.2) is 10.9 Å². The van der Waals surface area contributed by atoms with E-state index in [1.54, 1.807) is 0 Å². The van der Waals surface area contributed by atoms with Crippen molar-refractivity contribution in [1.29, 1.82) is 0 Å². The molecule has 0 bridgehead atoms. The van der Waals surface area contributed by atoms with Gasteiger partial charge in [-0.2, -0.15) is 0 Å². The molecule has 0 amide bonds. The van der Waals surface area contributed by atoms with Crippen LogP contribution in [0.1, 0.15) is 17.7 Å². The van der Waals surface area contributed by atoms with E-state index in [-0.39, 0.29) is 11.3 Å². The third-order valence-corrected chi connectivity index (χ3v) is 1.58. The van der Waals surface area contributed by atoms with Gasteiger partial charge in [0.1, 0.15) is 5.69 Å². The molecule has 0 saturated carbocycles. The molecule has 0 spiro atoms. The normalized spacial score (nSPS) is 10.8. The Morgan fingerprint density at radius 2 is 2.23 bits per heavy atom. The summed E-state index contributed by atoms with van der Waals surface area (Å²) in [5.41, 5.74) is 3.65. The van der Waals surface area contributed by atoms with Gasteiger partial charge in [-0.3, -0.25) is 4.79 Å². The van der Waals surface area contributed by atoms with E-state index in [1.165, 1.54) is 0 Å². The van der Waals surface area contributed by atoms with Gasteiger partial charge in [0.2, 0.25) is 0 Å². The second kappa shape index (κ2) is 3.53. The maximum Gasteiger partial charge on any atom is 0.278 e. The topological polar surface area (TPSA) is 79.1 Å². The highest BCUT2D eigenvalue weighted by atomic mass is 19.3. The van der Waals surface area contributed by atoms with Crippen molar-refractivity contribution < 1.29 is 13.9 Å². The summed E-state index contributed by atoms with van der Waals surface area (Å²) in [6.07, 6.45) is -2.78. The van der Waals surface area contributed by atoms with E-state index in [9.17, 15) is 13.6 Å². The Morgan fingerprint density at radius 3 is 2.69 bits per heavy atom. The molecule has 0 unspecified atom stereocenters. The fraction of sp³-hybridized carbons (Fsp3) is 0.286. The van der Waals surface area contributed by atoms with Gasteiger partial charge in [0.05, 0.1) is 12.3 Å². The van der Waals surface area contributed by atoms with Crippen molar-refractivity contribution in [3.05, 3.63) is 27.7 Å². The first-order chi connectivity index (χ1) is 6.06.